The third-order valence-electron chi connectivity index (χ3n) is 7.25. The Labute approximate surface area is 289 Å². The summed E-state index contributed by atoms with van der Waals surface area (Å²) < 4.78 is 0. The van der Waals surface area contributed by atoms with Crippen molar-refractivity contribution in [2.45, 2.75) is 0 Å². The van der Waals surface area contributed by atoms with Crippen LogP contribution in [0.3, 0.4) is 0 Å². The molecule has 0 heterocycles. The van der Waals surface area contributed by atoms with Crippen LogP contribution in [0.2, 0.25) is 0 Å². The Morgan fingerprint density at radius 1 is 0.250 bits per heavy atom. The Balaban J connectivity index is 0.00000323. The Bertz CT molecular complexity index is 1280. The minimum atomic E-state index is -2.46. The van der Waals surface area contributed by atoms with E-state index in [0.29, 0.717) is 0 Å². The van der Waals surface area contributed by atoms with Crippen molar-refractivity contribution in [1.82, 2.24) is 0 Å². The van der Waals surface area contributed by atoms with Crippen molar-refractivity contribution in [2.24, 2.45) is 0 Å². The van der Waals surface area contributed by atoms with E-state index in [-0.39, 0.29) is 67.5 Å². The van der Waals surface area contributed by atoms with Crippen LogP contribution < -0.4 is 31.8 Å². The van der Waals surface area contributed by atoms with E-state index >= 15 is 0 Å². The molecule has 0 aliphatic carbocycles. The molecule has 0 atom stereocenters. The van der Waals surface area contributed by atoms with Gasteiger partial charge in [0.2, 0.25) is 0 Å². The molecule has 0 nitrogen and oxygen atoms in total. The zero-order chi connectivity index (χ0) is 26.4. The van der Waals surface area contributed by atoms with Gasteiger partial charge >= 0.3 is 293 Å². The fourth-order valence-electron chi connectivity index (χ4n) is 5.49. The number of hydrogen-bond acceptors (Lipinski definition) is 0. The molecule has 0 saturated carbocycles. The number of hydrogen-bond donors (Lipinski definition) is 0. The molecular formula is C36H33KP2Ru. The Kier molecular flexibility index (Phi) is 10.5. The first-order chi connectivity index (χ1) is 19.3. The molecule has 196 valence electrons. The Morgan fingerprint density at radius 2 is 0.400 bits per heavy atom. The van der Waals surface area contributed by atoms with Crippen LogP contribution in [-0.4, -0.2) is 51.4 Å². The van der Waals surface area contributed by atoms with Crippen LogP contribution in [-0.2, 0) is 16.2 Å². The summed E-state index contributed by atoms with van der Waals surface area (Å²) in [5.41, 5.74) is -4.91. The second kappa shape index (κ2) is 14.1. The van der Waals surface area contributed by atoms with Gasteiger partial charge in [-0.2, -0.15) is 0 Å². The molecule has 40 heavy (non-hydrogen) atoms. The Hall–Kier alpha value is -1.56. The molecule has 6 rings (SSSR count). The fraction of sp³-hybridized carbons (Fsp3) is 0. The summed E-state index contributed by atoms with van der Waals surface area (Å²) in [5, 5.41) is 9.00. The maximum atomic E-state index is 2.40. The van der Waals surface area contributed by atoms with Gasteiger partial charge in [-0.15, -0.1) is 0 Å². The molecule has 0 aliphatic rings. The van der Waals surface area contributed by atoms with E-state index in [1.54, 1.807) is 0 Å². The molecule has 0 bridgehead atoms. The van der Waals surface area contributed by atoms with Crippen LogP contribution in [0, 0.1) is 0 Å². The molecule has 0 saturated heterocycles. The third-order valence-corrected chi connectivity index (χ3v) is 36.8. The second-order valence-corrected chi connectivity index (χ2v) is 28.0. The first-order valence-corrected chi connectivity index (χ1v) is 22.2. The average Bonchev–Trinajstić information content (AvgIpc) is 3.04. The Morgan fingerprint density at radius 3 is 0.550 bits per heavy atom. The number of benzene rings is 6. The molecule has 0 N–H and O–H groups in total. The van der Waals surface area contributed by atoms with Crippen molar-refractivity contribution in [3.63, 3.8) is 0 Å². The molecule has 6 aromatic carbocycles. The van der Waals surface area contributed by atoms with Gasteiger partial charge in [0.1, 0.15) is 0 Å². The zero-order valence-electron chi connectivity index (χ0n) is 21.7. The van der Waals surface area contributed by atoms with Gasteiger partial charge in [-0.25, -0.2) is 0 Å². The van der Waals surface area contributed by atoms with E-state index in [0.717, 1.165) is 0 Å². The zero-order valence-corrected chi connectivity index (χ0v) is 25.4. The van der Waals surface area contributed by atoms with Gasteiger partial charge in [0.25, 0.3) is 0 Å². The van der Waals surface area contributed by atoms with Gasteiger partial charge in [-0.05, 0) is 0 Å². The molecule has 6 aromatic rings. The molecule has 0 fully saturated rings. The second-order valence-electron chi connectivity index (χ2n) is 9.56. The quantitative estimate of drug-likeness (QED) is 0.144. The molecule has 0 spiro atoms. The van der Waals surface area contributed by atoms with Crippen LogP contribution in [0.1, 0.15) is 0 Å². The van der Waals surface area contributed by atoms with E-state index in [1.807, 2.05) is 0 Å². The van der Waals surface area contributed by atoms with Gasteiger partial charge < -0.3 is 0 Å². The summed E-state index contributed by atoms with van der Waals surface area (Å²) in [7, 11) is 0. The van der Waals surface area contributed by atoms with Crippen molar-refractivity contribution in [1.29, 1.82) is 0 Å². The van der Waals surface area contributed by atoms with Crippen LogP contribution in [0.25, 0.3) is 0 Å². The normalized spacial score (nSPS) is 12.3. The summed E-state index contributed by atoms with van der Waals surface area (Å²) in [6, 6.07) is 68.6. The van der Waals surface area contributed by atoms with Crippen molar-refractivity contribution in [2.75, 3.05) is 0 Å². The van der Waals surface area contributed by atoms with Crippen molar-refractivity contribution < 1.29 is 16.2 Å². The van der Waals surface area contributed by atoms with Crippen molar-refractivity contribution in [3.8, 4) is 0 Å². The summed E-state index contributed by atoms with van der Waals surface area (Å²) in [6.45, 7) is 0. The summed E-state index contributed by atoms with van der Waals surface area (Å²) >= 11 is -0.189. The van der Waals surface area contributed by atoms with E-state index in [2.05, 4.69) is 182 Å². The first-order valence-electron chi connectivity index (χ1n) is 13.3. The van der Waals surface area contributed by atoms with Gasteiger partial charge in [0.05, 0.1) is 0 Å². The fourth-order valence-corrected chi connectivity index (χ4v) is 43.0. The predicted molar refractivity (Wildman–Crippen MR) is 180 cm³/mol. The van der Waals surface area contributed by atoms with Gasteiger partial charge in [0.15, 0.2) is 0 Å². The van der Waals surface area contributed by atoms with E-state index in [9.17, 15) is 0 Å². The average molecular weight is 668 g/mol. The van der Waals surface area contributed by atoms with Gasteiger partial charge in [-0.1, -0.05) is 0 Å². The molecular weight excluding hydrogens is 635 g/mol. The standard InChI is InChI=1S/2C18H15P.K.Ru.H/c2*1-4-10-16(11-5-1)19(17-12-6-2-7-13-17)18-14-8-3-9-15-18;;;/h2*1-15H;;;/q;;;-2;/p+2. The topological polar surface area (TPSA) is 0 Å². The third kappa shape index (κ3) is 5.85. The predicted octanol–water partition coefficient (Wildman–Crippen LogP) is 5.70. The van der Waals surface area contributed by atoms with Gasteiger partial charge in [0, 0.05) is 0 Å². The van der Waals surface area contributed by atoms with Crippen LogP contribution >= 0.6 is 11.2 Å². The number of rotatable bonds is 8. The summed E-state index contributed by atoms with van der Waals surface area (Å²) in [5.74, 6) is 0. The van der Waals surface area contributed by atoms with Crippen LogP contribution in [0.4, 0.5) is 0 Å². The summed E-state index contributed by atoms with van der Waals surface area (Å²) in [6.07, 6.45) is 0. The van der Waals surface area contributed by atoms with Gasteiger partial charge in [-0.3, -0.25) is 0 Å². The molecule has 0 amide bonds. The molecule has 0 unspecified atom stereocenters. The molecule has 0 aromatic heterocycles. The molecule has 4 heteroatoms. The SMILES string of the molecule is [KH].c1ccc([PH]([Ru][PH](c2ccccc2)(c2ccccc2)c2ccccc2)(c2ccccc2)c2ccccc2)cc1. The van der Waals surface area contributed by atoms with E-state index < -0.39 is 11.2 Å². The molecule has 0 radical (unpaired) electrons. The summed E-state index contributed by atoms with van der Waals surface area (Å²) in [4.78, 5) is 0. The minimum absolute atomic E-state index is 0. The van der Waals surface area contributed by atoms with Crippen LogP contribution in [0.15, 0.2) is 182 Å². The monoisotopic (exact) mass is 668 g/mol. The van der Waals surface area contributed by atoms with E-state index in [1.165, 1.54) is 31.8 Å². The van der Waals surface area contributed by atoms with Crippen molar-refractivity contribution in [3.05, 3.63) is 182 Å². The van der Waals surface area contributed by atoms with Crippen LogP contribution in [0.5, 0.6) is 0 Å². The maximum absolute atomic E-state index is 2.46. The van der Waals surface area contributed by atoms with Crippen molar-refractivity contribution >= 4 is 94.4 Å². The first kappa shape index (κ1) is 29.9. The molecule has 0 aliphatic heterocycles. The van der Waals surface area contributed by atoms with E-state index in [4.69, 9.17) is 0 Å².